The van der Waals surface area contributed by atoms with E-state index in [1.807, 2.05) is 0 Å². The number of hydrogen-bond acceptors (Lipinski definition) is 9. The first-order valence-electron chi connectivity index (χ1n) is 16.7. The monoisotopic (exact) mass is 693 g/mol. The number of aliphatic carboxylic acids is 1. The number of carbonyl (C=O) groups is 3. The highest BCUT2D eigenvalue weighted by Gasteiger charge is 2.47. The van der Waals surface area contributed by atoms with Crippen LogP contribution in [-0.2, 0) is 40.1 Å². The molecule has 1 aromatic rings. The summed E-state index contributed by atoms with van der Waals surface area (Å²) < 4.78 is 40.0. The Labute approximate surface area is 286 Å². The molecule has 0 fully saturated rings. The van der Waals surface area contributed by atoms with Gasteiger partial charge in [0.1, 0.15) is 28.2 Å². The fraction of sp³-hybridized carbons (Fsp3) is 0.639. The summed E-state index contributed by atoms with van der Waals surface area (Å²) in [4.78, 5) is 38.5. The first-order chi connectivity index (χ1) is 22.9. The molecule has 0 saturated carbocycles. The normalized spacial score (nSPS) is 13.9. The number of nitrogens with one attached hydrogen (secondary N) is 1. The van der Waals surface area contributed by atoms with Gasteiger partial charge in [0.05, 0.1) is 24.5 Å². The number of carbonyl (C=O) groups excluding carboxylic acids is 2. The van der Waals surface area contributed by atoms with E-state index in [4.69, 9.17) is 14.2 Å². The Morgan fingerprint density at radius 2 is 1.60 bits per heavy atom. The molecule has 48 heavy (non-hydrogen) atoms. The average molecular weight is 694 g/mol. The highest BCUT2D eigenvalue weighted by Crippen LogP contribution is 2.26. The number of hydrogen-bond donors (Lipinski definition) is 3. The van der Waals surface area contributed by atoms with Gasteiger partial charge in [-0.1, -0.05) is 75.7 Å². The fourth-order valence-corrected chi connectivity index (χ4v) is 6.55. The minimum absolute atomic E-state index is 0.0437. The zero-order valence-corrected chi connectivity index (χ0v) is 29.8. The van der Waals surface area contributed by atoms with Crippen LogP contribution in [0.2, 0.25) is 0 Å². The molecule has 0 aromatic heterocycles. The second kappa shape index (κ2) is 23.8. The van der Waals surface area contributed by atoms with E-state index in [2.05, 4.69) is 24.1 Å². The number of aliphatic hydroxyl groups is 1. The molecule has 0 aliphatic carbocycles. The predicted molar refractivity (Wildman–Crippen MR) is 185 cm³/mol. The summed E-state index contributed by atoms with van der Waals surface area (Å²) in [5.74, 6) is 1.76. The lowest BCUT2D eigenvalue weighted by Crippen LogP contribution is -2.55. The van der Waals surface area contributed by atoms with E-state index in [1.165, 1.54) is 20.3 Å². The summed E-state index contributed by atoms with van der Waals surface area (Å²) in [6, 6.07) is 5.70. The highest BCUT2D eigenvalue weighted by molar-refractivity contribution is 7.91. The van der Waals surface area contributed by atoms with Gasteiger partial charge in [0, 0.05) is 26.6 Å². The molecule has 0 bridgehead atoms. The maximum Gasteiger partial charge on any atom is 0.336 e. The van der Waals surface area contributed by atoms with Crippen molar-refractivity contribution in [1.29, 1.82) is 0 Å². The Bertz CT molecular complexity index is 1300. The van der Waals surface area contributed by atoms with Crippen LogP contribution >= 0.6 is 0 Å². The van der Waals surface area contributed by atoms with Gasteiger partial charge in [-0.15, -0.1) is 5.92 Å². The lowest BCUT2D eigenvalue weighted by atomic mass is 9.83. The maximum absolute atomic E-state index is 13.6. The van der Waals surface area contributed by atoms with Gasteiger partial charge in [0.2, 0.25) is 5.91 Å². The van der Waals surface area contributed by atoms with Crippen LogP contribution in [0.3, 0.4) is 0 Å². The van der Waals surface area contributed by atoms with Crippen LogP contribution in [0.25, 0.3) is 0 Å². The second-order valence-corrected chi connectivity index (χ2v) is 14.1. The Morgan fingerprint density at radius 1 is 0.979 bits per heavy atom. The zero-order valence-electron chi connectivity index (χ0n) is 29.0. The molecule has 3 atom stereocenters. The summed E-state index contributed by atoms with van der Waals surface area (Å²) in [7, 11) is -0.524. The Morgan fingerprint density at radius 3 is 2.17 bits per heavy atom. The van der Waals surface area contributed by atoms with E-state index in [9.17, 15) is 33.0 Å². The standard InChI is InChI=1S/C36H55NO10S/c1-5-7-9-13-16-26-48(43,44)27-17-14-11-10-12-15-18-31(36(42,35(40)41)23-25-45-3)33(38)37-32(34(39)46-4)28-29-19-21-30(22-20-29)47-24-8-6-2/h15,18-22,31-32,42H,5,7,9-14,16-17,23-28H2,1-4H3,(H,37,38)(H,40,41)/b18-15+/t31-,32+,36+/m1/s1. The predicted octanol–water partition coefficient (Wildman–Crippen LogP) is 4.65. The number of allylic oxidation sites excluding steroid dienone is 1. The first-order valence-corrected chi connectivity index (χ1v) is 18.6. The quantitative estimate of drug-likeness (QED) is 0.0538. The third kappa shape index (κ3) is 16.6. The van der Waals surface area contributed by atoms with Crippen molar-refractivity contribution in [3.8, 4) is 17.6 Å². The fourth-order valence-electron chi connectivity index (χ4n) is 5.06. The largest absolute Gasteiger partial charge is 0.481 e. The van der Waals surface area contributed by atoms with Gasteiger partial charge in [-0.05, 0) is 50.3 Å². The topological polar surface area (TPSA) is 166 Å². The number of carboxylic acid groups (broad SMARTS) is 1. The van der Waals surface area contributed by atoms with E-state index in [-0.39, 0.29) is 37.6 Å². The molecule has 3 N–H and O–H groups in total. The number of rotatable bonds is 26. The molecule has 0 spiro atoms. The van der Waals surface area contributed by atoms with Crippen molar-refractivity contribution in [2.45, 2.75) is 103 Å². The van der Waals surface area contributed by atoms with Gasteiger partial charge < -0.3 is 29.7 Å². The number of ether oxygens (including phenoxy) is 3. The van der Waals surface area contributed by atoms with Crippen LogP contribution in [0.1, 0.15) is 90.0 Å². The van der Waals surface area contributed by atoms with Crippen LogP contribution in [0.5, 0.6) is 5.75 Å². The van der Waals surface area contributed by atoms with E-state index in [0.717, 1.165) is 38.5 Å². The molecule has 0 unspecified atom stereocenters. The van der Waals surface area contributed by atoms with Gasteiger partial charge in [0.25, 0.3) is 0 Å². The summed E-state index contributed by atoms with van der Waals surface area (Å²) in [5.41, 5.74) is -1.83. The van der Waals surface area contributed by atoms with Gasteiger partial charge in [-0.2, -0.15) is 0 Å². The maximum atomic E-state index is 13.6. The first kappa shape index (κ1) is 42.6. The molecular formula is C36H55NO10S. The van der Waals surface area contributed by atoms with Crippen molar-refractivity contribution in [3.63, 3.8) is 0 Å². The van der Waals surface area contributed by atoms with Gasteiger partial charge in [0.15, 0.2) is 5.60 Å². The third-order valence-electron chi connectivity index (χ3n) is 7.97. The third-order valence-corrected chi connectivity index (χ3v) is 9.79. The molecule has 12 heteroatoms. The summed E-state index contributed by atoms with van der Waals surface area (Å²) in [5, 5.41) is 23.8. The number of esters is 1. The lowest BCUT2D eigenvalue weighted by Gasteiger charge is -2.30. The van der Waals surface area contributed by atoms with E-state index in [0.29, 0.717) is 37.0 Å². The van der Waals surface area contributed by atoms with Crippen molar-refractivity contribution in [2.75, 3.05) is 38.9 Å². The molecule has 11 nitrogen and oxygen atoms in total. The van der Waals surface area contributed by atoms with E-state index >= 15 is 0 Å². The number of benzene rings is 1. The molecule has 0 saturated heterocycles. The SMILES string of the molecule is CC#CCOc1ccc(C[C@H](NC(=O)[C@@H](/C=C/CCCCCCS(=O)(=O)CCCCCCC)[C@@](O)(CCOC)C(=O)O)C(=O)OC)cc1. The van der Waals surface area contributed by atoms with E-state index < -0.39 is 45.2 Å². The van der Waals surface area contributed by atoms with Gasteiger partial charge >= 0.3 is 11.9 Å². The van der Waals surface area contributed by atoms with E-state index in [1.54, 1.807) is 37.3 Å². The number of carboxylic acids is 1. The van der Waals surface area contributed by atoms with Crippen LogP contribution in [0, 0.1) is 17.8 Å². The molecule has 1 aromatic carbocycles. The number of unbranched alkanes of at least 4 members (excludes halogenated alkanes) is 8. The molecule has 0 heterocycles. The second-order valence-electron chi connectivity index (χ2n) is 11.8. The molecular weight excluding hydrogens is 638 g/mol. The Hall–Kier alpha value is -3.40. The Kier molecular flexibility index (Phi) is 21.2. The number of methoxy groups -OCH3 is 2. The minimum atomic E-state index is -3.06. The zero-order chi connectivity index (χ0) is 35.8. The average Bonchev–Trinajstić information content (AvgIpc) is 3.06. The minimum Gasteiger partial charge on any atom is -0.481 e. The van der Waals surface area contributed by atoms with Crippen LogP contribution < -0.4 is 10.1 Å². The Balaban J connectivity index is 2.90. The molecule has 0 radical (unpaired) electrons. The number of amides is 1. The summed E-state index contributed by atoms with van der Waals surface area (Å²) in [6.45, 7) is 3.93. The molecule has 270 valence electrons. The van der Waals surface area contributed by atoms with Gasteiger partial charge in [-0.25, -0.2) is 18.0 Å². The van der Waals surface area contributed by atoms with Crippen LogP contribution in [-0.4, -0.2) is 87.1 Å². The number of sulfone groups is 1. The van der Waals surface area contributed by atoms with Crippen LogP contribution in [0.15, 0.2) is 36.4 Å². The van der Waals surface area contributed by atoms with Crippen molar-refractivity contribution >= 4 is 27.7 Å². The molecule has 0 aliphatic heterocycles. The summed E-state index contributed by atoms with van der Waals surface area (Å²) in [6.07, 6.45) is 10.8. The highest BCUT2D eigenvalue weighted by atomic mass is 32.2. The molecule has 1 rings (SSSR count). The lowest BCUT2D eigenvalue weighted by molar-refractivity contribution is -0.169. The molecule has 0 aliphatic rings. The summed E-state index contributed by atoms with van der Waals surface area (Å²) >= 11 is 0. The molecule has 1 amide bonds. The van der Waals surface area contributed by atoms with Crippen molar-refractivity contribution in [3.05, 3.63) is 42.0 Å². The van der Waals surface area contributed by atoms with Crippen molar-refractivity contribution < 1.29 is 47.2 Å². The van der Waals surface area contributed by atoms with Crippen LogP contribution in [0.4, 0.5) is 0 Å². The van der Waals surface area contributed by atoms with Gasteiger partial charge in [-0.3, -0.25) is 4.79 Å². The smallest absolute Gasteiger partial charge is 0.336 e. The van der Waals surface area contributed by atoms with Crippen molar-refractivity contribution in [1.82, 2.24) is 5.32 Å². The van der Waals surface area contributed by atoms with Crippen molar-refractivity contribution in [2.24, 2.45) is 5.92 Å².